The molecular weight excluding hydrogens is 279 g/mol. The Kier molecular flexibility index (Phi) is 4.08. The quantitative estimate of drug-likeness (QED) is 0.770. The van der Waals surface area contributed by atoms with E-state index in [1.165, 1.54) is 0 Å². The number of hydrogen-bond acceptors (Lipinski definition) is 2. The van der Waals surface area contributed by atoms with E-state index in [0.717, 1.165) is 12.8 Å². The smallest absolute Gasteiger partial charge is 0.388 e. The molecule has 0 radical (unpaired) electrons. The van der Waals surface area contributed by atoms with E-state index in [0.29, 0.717) is 12.8 Å². The van der Waals surface area contributed by atoms with Gasteiger partial charge < -0.3 is 5.11 Å². The van der Waals surface area contributed by atoms with Crippen LogP contribution in [0.3, 0.4) is 0 Å². The summed E-state index contributed by atoms with van der Waals surface area (Å²) in [6, 6.07) is 2.29. The molecule has 1 N–H and O–H groups in total. The third kappa shape index (κ3) is 3.06. The first-order valence-corrected chi connectivity index (χ1v) is 7.74. The van der Waals surface area contributed by atoms with Crippen molar-refractivity contribution in [3.8, 4) is 6.07 Å². The summed E-state index contributed by atoms with van der Waals surface area (Å²) in [6.07, 6.45) is -1.28. The topological polar surface area (TPSA) is 44.0 Å². The largest absolute Gasteiger partial charge is 0.391 e. The highest BCUT2D eigenvalue weighted by Crippen LogP contribution is 2.56. The molecule has 0 spiro atoms. The molecule has 0 amide bonds. The van der Waals surface area contributed by atoms with Gasteiger partial charge in [-0.2, -0.15) is 18.4 Å². The molecule has 2 rings (SSSR count). The van der Waals surface area contributed by atoms with Crippen LogP contribution in [0, 0.1) is 28.1 Å². The molecule has 2 saturated carbocycles. The lowest BCUT2D eigenvalue weighted by atomic mass is 9.55. The van der Waals surface area contributed by atoms with Gasteiger partial charge in [0, 0.05) is 0 Å². The van der Waals surface area contributed by atoms with Gasteiger partial charge in [0.25, 0.3) is 0 Å². The standard InChI is InChI=1S/C16H24F3NO/c1-13(2)7-9-14(11-20,10-8-13)15(21)5-3-12(4-6-15)16(17,18)19/h12,21H,3-10H2,1-2H3. The van der Waals surface area contributed by atoms with Crippen molar-refractivity contribution in [2.75, 3.05) is 0 Å². The third-order valence-electron chi connectivity index (χ3n) is 5.84. The lowest BCUT2D eigenvalue weighted by molar-refractivity contribution is -0.203. The minimum absolute atomic E-state index is 0.0627. The van der Waals surface area contributed by atoms with Crippen molar-refractivity contribution in [3.05, 3.63) is 0 Å². The van der Waals surface area contributed by atoms with Crippen LogP contribution in [0.25, 0.3) is 0 Å². The van der Waals surface area contributed by atoms with E-state index in [4.69, 9.17) is 0 Å². The maximum atomic E-state index is 12.8. The van der Waals surface area contributed by atoms with Crippen LogP contribution in [0.4, 0.5) is 13.2 Å². The Balaban J connectivity index is 2.12. The summed E-state index contributed by atoms with van der Waals surface area (Å²) in [4.78, 5) is 0. The van der Waals surface area contributed by atoms with Crippen LogP contribution in [0.1, 0.15) is 65.2 Å². The fraction of sp³-hybridized carbons (Fsp3) is 0.938. The molecule has 0 saturated heterocycles. The van der Waals surface area contributed by atoms with Gasteiger partial charge in [0.2, 0.25) is 0 Å². The van der Waals surface area contributed by atoms with Gasteiger partial charge in [-0.25, -0.2) is 0 Å². The predicted molar refractivity (Wildman–Crippen MR) is 73.3 cm³/mol. The van der Waals surface area contributed by atoms with Gasteiger partial charge in [-0.05, 0) is 56.8 Å². The average molecular weight is 303 g/mol. The number of nitrogens with zero attached hydrogens (tertiary/aromatic N) is 1. The average Bonchev–Trinajstić information content (AvgIpc) is 2.38. The zero-order valence-corrected chi connectivity index (χ0v) is 12.8. The van der Waals surface area contributed by atoms with Crippen LogP contribution in [0.15, 0.2) is 0 Å². The Hall–Kier alpha value is -0.760. The molecular formula is C16H24F3NO. The Labute approximate surface area is 124 Å². The molecule has 2 fully saturated rings. The lowest BCUT2D eigenvalue weighted by Crippen LogP contribution is -2.53. The predicted octanol–water partition coefficient (Wildman–Crippen LogP) is 4.58. The van der Waals surface area contributed by atoms with E-state index in [1.54, 1.807) is 0 Å². The second kappa shape index (κ2) is 5.15. The molecule has 0 aromatic carbocycles. The van der Waals surface area contributed by atoms with E-state index >= 15 is 0 Å². The normalized spacial score (nSPS) is 36.0. The second-order valence-electron chi connectivity index (χ2n) is 7.71. The van der Waals surface area contributed by atoms with E-state index in [9.17, 15) is 23.5 Å². The van der Waals surface area contributed by atoms with Gasteiger partial charge in [0.15, 0.2) is 0 Å². The van der Waals surface area contributed by atoms with Crippen LogP contribution in [0.2, 0.25) is 0 Å². The molecule has 0 heterocycles. The van der Waals surface area contributed by atoms with Crippen molar-refractivity contribution in [2.24, 2.45) is 16.7 Å². The molecule has 120 valence electrons. The summed E-state index contributed by atoms with van der Waals surface area (Å²) in [5, 5.41) is 20.5. The summed E-state index contributed by atoms with van der Waals surface area (Å²) in [7, 11) is 0. The van der Waals surface area contributed by atoms with Crippen molar-refractivity contribution >= 4 is 0 Å². The Morgan fingerprint density at radius 3 is 1.86 bits per heavy atom. The van der Waals surface area contributed by atoms with E-state index in [2.05, 4.69) is 19.9 Å². The van der Waals surface area contributed by atoms with Crippen molar-refractivity contribution in [2.45, 2.75) is 77.0 Å². The fourth-order valence-electron chi connectivity index (χ4n) is 3.94. The fourth-order valence-corrected chi connectivity index (χ4v) is 3.94. The molecule has 0 aliphatic heterocycles. The van der Waals surface area contributed by atoms with Crippen LogP contribution >= 0.6 is 0 Å². The first-order valence-electron chi connectivity index (χ1n) is 7.74. The van der Waals surface area contributed by atoms with E-state index < -0.39 is 23.1 Å². The molecule has 0 aromatic heterocycles. The molecule has 0 unspecified atom stereocenters. The summed E-state index contributed by atoms with van der Waals surface area (Å²) in [6.45, 7) is 4.28. The highest BCUT2D eigenvalue weighted by molar-refractivity contribution is 5.15. The SMILES string of the molecule is CC1(C)CCC(C#N)(C2(O)CCC(C(F)(F)F)CC2)CC1. The minimum atomic E-state index is -4.18. The monoisotopic (exact) mass is 303 g/mol. The molecule has 5 heteroatoms. The number of alkyl halides is 3. The highest BCUT2D eigenvalue weighted by atomic mass is 19.4. The molecule has 0 bridgehead atoms. The number of rotatable bonds is 1. The van der Waals surface area contributed by atoms with Crippen molar-refractivity contribution in [1.82, 2.24) is 0 Å². The highest BCUT2D eigenvalue weighted by Gasteiger charge is 2.56. The van der Waals surface area contributed by atoms with Gasteiger partial charge >= 0.3 is 6.18 Å². The lowest BCUT2D eigenvalue weighted by Gasteiger charge is -2.51. The van der Waals surface area contributed by atoms with Gasteiger partial charge in [0.05, 0.1) is 23.0 Å². The molecule has 2 nitrogen and oxygen atoms in total. The Bertz CT molecular complexity index is 418. The molecule has 0 atom stereocenters. The summed E-state index contributed by atoms with van der Waals surface area (Å²) in [5.41, 5.74) is -1.96. The van der Waals surface area contributed by atoms with Crippen LogP contribution < -0.4 is 0 Å². The summed E-state index contributed by atoms with van der Waals surface area (Å²) >= 11 is 0. The van der Waals surface area contributed by atoms with Crippen molar-refractivity contribution < 1.29 is 18.3 Å². The van der Waals surface area contributed by atoms with Crippen molar-refractivity contribution in [1.29, 1.82) is 5.26 Å². The number of aliphatic hydroxyl groups is 1. The Morgan fingerprint density at radius 1 is 1.00 bits per heavy atom. The van der Waals surface area contributed by atoms with Gasteiger partial charge in [-0.3, -0.25) is 0 Å². The first-order chi connectivity index (χ1) is 9.54. The molecule has 2 aliphatic carbocycles. The second-order valence-corrected chi connectivity index (χ2v) is 7.71. The summed E-state index contributed by atoms with van der Waals surface area (Å²) in [5.74, 6) is -1.33. The number of nitriles is 1. The van der Waals surface area contributed by atoms with Gasteiger partial charge in [0.1, 0.15) is 0 Å². The zero-order chi connectivity index (χ0) is 15.9. The van der Waals surface area contributed by atoms with Crippen LogP contribution in [-0.2, 0) is 0 Å². The van der Waals surface area contributed by atoms with Crippen LogP contribution in [-0.4, -0.2) is 16.9 Å². The first kappa shape index (κ1) is 16.6. The Morgan fingerprint density at radius 2 is 1.48 bits per heavy atom. The number of halogens is 3. The molecule has 21 heavy (non-hydrogen) atoms. The number of hydrogen-bond donors (Lipinski definition) is 1. The zero-order valence-electron chi connectivity index (χ0n) is 12.8. The van der Waals surface area contributed by atoms with E-state index in [-0.39, 0.29) is 31.1 Å². The third-order valence-corrected chi connectivity index (χ3v) is 5.84. The molecule has 2 aliphatic rings. The maximum absolute atomic E-state index is 12.8. The molecule has 0 aromatic rings. The van der Waals surface area contributed by atoms with Gasteiger partial charge in [-0.1, -0.05) is 13.8 Å². The van der Waals surface area contributed by atoms with Crippen molar-refractivity contribution in [3.63, 3.8) is 0 Å². The maximum Gasteiger partial charge on any atom is 0.391 e. The van der Waals surface area contributed by atoms with Gasteiger partial charge in [-0.15, -0.1) is 0 Å². The van der Waals surface area contributed by atoms with E-state index in [1.807, 2.05) is 0 Å². The minimum Gasteiger partial charge on any atom is -0.388 e. The summed E-state index contributed by atoms with van der Waals surface area (Å²) < 4.78 is 38.3. The van der Waals surface area contributed by atoms with Crippen LogP contribution in [0.5, 0.6) is 0 Å².